The number of benzene rings is 4. The van der Waals surface area contributed by atoms with Crippen molar-refractivity contribution < 1.29 is 24.2 Å². The Morgan fingerprint density at radius 2 is 1.58 bits per heavy atom. The van der Waals surface area contributed by atoms with Crippen LogP contribution in [0.5, 0.6) is 17.2 Å². The first-order chi connectivity index (χ1) is 21.0. The van der Waals surface area contributed by atoms with Crippen LogP contribution >= 0.6 is 11.3 Å². The zero-order valence-electron chi connectivity index (χ0n) is 23.6. The van der Waals surface area contributed by atoms with Crippen molar-refractivity contribution in [2.24, 2.45) is 0 Å². The number of esters is 1. The molecular weight excluding hydrogens is 560 g/mol. The van der Waals surface area contributed by atoms with Crippen molar-refractivity contribution in [2.75, 3.05) is 32.0 Å². The Balaban J connectivity index is 1.22. The Labute approximate surface area is 254 Å². The molecule has 1 fully saturated rings. The summed E-state index contributed by atoms with van der Waals surface area (Å²) >= 11 is 1.43. The first-order valence-electron chi connectivity index (χ1n) is 14.4. The molecule has 1 aliphatic rings. The van der Waals surface area contributed by atoms with Crippen LogP contribution in [0.1, 0.15) is 45.5 Å². The van der Waals surface area contributed by atoms with E-state index in [1.165, 1.54) is 30.6 Å². The van der Waals surface area contributed by atoms with E-state index >= 15 is 0 Å². The van der Waals surface area contributed by atoms with Crippen molar-refractivity contribution >= 4 is 38.9 Å². The molecule has 7 nitrogen and oxygen atoms in total. The summed E-state index contributed by atoms with van der Waals surface area (Å²) in [6.45, 7) is 3.76. The van der Waals surface area contributed by atoms with Gasteiger partial charge >= 0.3 is 5.97 Å². The van der Waals surface area contributed by atoms with E-state index < -0.39 is 5.97 Å². The Bertz CT molecular complexity index is 1760. The zero-order valence-corrected chi connectivity index (χ0v) is 24.4. The molecule has 1 aliphatic heterocycles. The predicted molar refractivity (Wildman–Crippen MR) is 170 cm³/mol. The number of carbonyl (C=O) groups excluding carboxylic acids is 2. The number of nitrogen functional groups attached to an aromatic ring is 1. The fraction of sp³-hybridized carbons (Fsp3) is 0.200. The standard InChI is InChI=1S/C35H32N2O5S/c36-30-7-3-2-6-28(30)35(40)42-27-15-10-24(11-16-27)34-32(29-17-12-25(38)22-31(29)43-34)33(39)23-8-13-26(14-9-23)41-21-20-37-18-4-1-5-19-37/h2-3,6-17,22,38H,1,4-5,18-21,36H2. The largest absolute Gasteiger partial charge is 0.508 e. The molecule has 1 aromatic heterocycles. The monoisotopic (exact) mass is 592 g/mol. The summed E-state index contributed by atoms with van der Waals surface area (Å²) in [6.07, 6.45) is 3.80. The highest BCUT2D eigenvalue weighted by Crippen LogP contribution is 2.41. The molecular formula is C35H32N2O5S. The molecule has 0 aliphatic carbocycles. The zero-order chi connectivity index (χ0) is 29.8. The summed E-state index contributed by atoms with van der Waals surface area (Å²) in [4.78, 5) is 29.8. The van der Waals surface area contributed by atoms with Crippen molar-refractivity contribution in [3.63, 3.8) is 0 Å². The number of hydrogen-bond donors (Lipinski definition) is 2. The molecule has 0 atom stereocenters. The number of phenols is 1. The number of rotatable bonds is 9. The SMILES string of the molecule is Nc1ccccc1C(=O)Oc1ccc(-c2sc3cc(O)ccc3c2C(=O)c2ccc(OCCN3CCCCC3)cc2)cc1. The first kappa shape index (κ1) is 28.5. The van der Waals surface area contributed by atoms with Crippen molar-refractivity contribution in [2.45, 2.75) is 19.3 Å². The van der Waals surface area contributed by atoms with E-state index in [0.717, 1.165) is 45.9 Å². The second-order valence-corrected chi connectivity index (χ2v) is 11.6. The minimum Gasteiger partial charge on any atom is -0.508 e. The van der Waals surface area contributed by atoms with Gasteiger partial charge in [-0.25, -0.2) is 4.79 Å². The number of piperidine rings is 1. The number of nitrogens with zero attached hydrogens (tertiary/aromatic N) is 1. The van der Waals surface area contributed by atoms with Gasteiger partial charge < -0.3 is 20.3 Å². The molecule has 1 saturated heterocycles. The van der Waals surface area contributed by atoms with Gasteiger partial charge in [-0.15, -0.1) is 11.3 Å². The van der Waals surface area contributed by atoms with Gasteiger partial charge in [0.2, 0.25) is 0 Å². The summed E-state index contributed by atoms with van der Waals surface area (Å²) in [6, 6.07) is 26.1. The fourth-order valence-electron chi connectivity index (χ4n) is 5.36. The summed E-state index contributed by atoms with van der Waals surface area (Å²) in [5, 5.41) is 10.9. The maximum Gasteiger partial charge on any atom is 0.345 e. The molecule has 0 saturated carbocycles. The van der Waals surface area contributed by atoms with E-state index in [0.29, 0.717) is 34.7 Å². The highest BCUT2D eigenvalue weighted by Gasteiger charge is 2.22. The van der Waals surface area contributed by atoms with Gasteiger partial charge in [0.25, 0.3) is 0 Å². The number of aromatic hydroxyl groups is 1. The number of phenolic OH excluding ortho intramolecular Hbond substituents is 1. The summed E-state index contributed by atoms with van der Waals surface area (Å²) < 4.78 is 12.3. The van der Waals surface area contributed by atoms with Crippen LogP contribution in [-0.2, 0) is 0 Å². The second kappa shape index (κ2) is 12.7. The maximum absolute atomic E-state index is 13.9. The Hall–Kier alpha value is -4.66. The van der Waals surface area contributed by atoms with Gasteiger partial charge in [0.1, 0.15) is 23.9 Å². The van der Waals surface area contributed by atoms with Crippen molar-refractivity contribution in [1.29, 1.82) is 0 Å². The topological polar surface area (TPSA) is 102 Å². The molecule has 218 valence electrons. The first-order valence-corrected chi connectivity index (χ1v) is 15.2. The third kappa shape index (κ3) is 6.40. The lowest BCUT2D eigenvalue weighted by molar-refractivity contribution is 0.0735. The van der Waals surface area contributed by atoms with Gasteiger partial charge in [-0.3, -0.25) is 9.69 Å². The molecule has 3 N–H and O–H groups in total. The number of ketones is 1. The minimum atomic E-state index is -0.544. The molecule has 2 heterocycles. The number of likely N-dealkylation sites (tertiary alicyclic amines) is 1. The molecule has 0 spiro atoms. The van der Waals surface area contributed by atoms with Crippen LogP contribution in [0.4, 0.5) is 5.69 Å². The molecule has 0 bridgehead atoms. The lowest BCUT2D eigenvalue weighted by atomic mass is 9.97. The molecule has 0 radical (unpaired) electrons. The molecule has 43 heavy (non-hydrogen) atoms. The number of thiophene rings is 1. The normalized spacial score (nSPS) is 13.6. The van der Waals surface area contributed by atoms with Crippen LogP contribution in [0.2, 0.25) is 0 Å². The average Bonchev–Trinajstić information content (AvgIpc) is 3.40. The highest BCUT2D eigenvalue weighted by atomic mass is 32.1. The molecule has 8 heteroatoms. The van der Waals surface area contributed by atoms with Crippen LogP contribution in [0.3, 0.4) is 0 Å². The number of fused-ring (bicyclic) bond motifs is 1. The molecule has 0 unspecified atom stereocenters. The van der Waals surface area contributed by atoms with Crippen LogP contribution in [0.15, 0.2) is 91.0 Å². The van der Waals surface area contributed by atoms with Gasteiger partial charge in [-0.1, -0.05) is 18.6 Å². The molecule has 6 rings (SSSR count). The van der Waals surface area contributed by atoms with Crippen LogP contribution < -0.4 is 15.2 Å². The summed E-state index contributed by atoms with van der Waals surface area (Å²) in [7, 11) is 0. The average molecular weight is 593 g/mol. The van der Waals surface area contributed by atoms with Gasteiger partial charge in [0.15, 0.2) is 5.78 Å². The van der Waals surface area contributed by atoms with Crippen molar-refractivity contribution in [3.05, 3.63) is 108 Å². The number of para-hydroxylation sites is 1. The van der Waals surface area contributed by atoms with Gasteiger partial charge in [0, 0.05) is 38.3 Å². The highest BCUT2D eigenvalue weighted by molar-refractivity contribution is 7.22. The van der Waals surface area contributed by atoms with E-state index in [4.69, 9.17) is 15.2 Å². The summed E-state index contributed by atoms with van der Waals surface area (Å²) in [5.41, 5.74) is 8.45. The lowest BCUT2D eigenvalue weighted by Gasteiger charge is -2.26. The second-order valence-electron chi connectivity index (χ2n) is 10.6. The number of nitrogens with two attached hydrogens (primary N) is 1. The van der Waals surface area contributed by atoms with Gasteiger partial charge in [-0.2, -0.15) is 0 Å². The predicted octanol–water partition coefficient (Wildman–Crippen LogP) is 7.17. The smallest absolute Gasteiger partial charge is 0.345 e. The number of ether oxygens (including phenoxy) is 2. The number of hydrogen-bond acceptors (Lipinski definition) is 8. The molecule has 0 amide bonds. The third-order valence-electron chi connectivity index (χ3n) is 7.65. The quantitative estimate of drug-likeness (QED) is 0.0810. The van der Waals surface area contributed by atoms with Crippen molar-refractivity contribution in [3.8, 4) is 27.7 Å². The minimum absolute atomic E-state index is 0.123. The maximum atomic E-state index is 13.9. The lowest BCUT2D eigenvalue weighted by Crippen LogP contribution is -2.33. The Kier molecular flexibility index (Phi) is 8.40. The third-order valence-corrected chi connectivity index (χ3v) is 8.85. The van der Waals surface area contributed by atoms with Crippen LogP contribution in [-0.4, -0.2) is 48.0 Å². The summed E-state index contributed by atoms with van der Waals surface area (Å²) in [5.74, 6) is 0.559. The van der Waals surface area contributed by atoms with Gasteiger partial charge in [0.05, 0.1) is 5.56 Å². The fourth-order valence-corrected chi connectivity index (χ4v) is 6.59. The number of anilines is 1. The Morgan fingerprint density at radius 3 is 2.33 bits per heavy atom. The Morgan fingerprint density at radius 1 is 0.860 bits per heavy atom. The molecule has 4 aromatic carbocycles. The van der Waals surface area contributed by atoms with Crippen LogP contribution in [0, 0.1) is 0 Å². The van der Waals surface area contributed by atoms with E-state index in [1.807, 2.05) is 24.3 Å². The van der Waals surface area contributed by atoms with Crippen molar-refractivity contribution in [1.82, 2.24) is 4.90 Å². The van der Waals surface area contributed by atoms with E-state index in [9.17, 15) is 14.7 Å². The number of carbonyl (C=O) groups is 2. The van der Waals surface area contributed by atoms with E-state index in [-0.39, 0.29) is 11.5 Å². The van der Waals surface area contributed by atoms with Crippen LogP contribution in [0.25, 0.3) is 20.5 Å². The van der Waals surface area contributed by atoms with Gasteiger partial charge in [-0.05, 0) is 110 Å². The van der Waals surface area contributed by atoms with E-state index in [2.05, 4.69) is 4.90 Å². The van der Waals surface area contributed by atoms with E-state index in [1.54, 1.807) is 66.7 Å². The molecule has 5 aromatic rings.